The van der Waals surface area contributed by atoms with Gasteiger partial charge in [0.25, 0.3) is 0 Å². The molecule has 0 aliphatic carbocycles. The molecule has 0 spiro atoms. The maximum absolute atomic E-state index is 15.4. The minimum Gasteiger partial charge on any atom is -0.399 e. The van der Waals surface area contributed by atoms with E-state index in [2.05, 4.69) is 10.1 Å². The van der Waals surface area contributed by atoms with E-state index in [1.54, 1.807) is 42.1 Å². The summed E-state index contributed by atoms with van der Waals surface area (Å²) >= 11 is 12.7. The molecule has 0 fully saturated rings. The highest BCUT2D eigenvalue weighted by Gasteiger charge is 2.29. The van der Waals surface area contributed by atoms with E-state index in [1.807, 2.05) is 31.2 Å². The van der Waals surface area contributed by atoms with Gasteiger partial charge < -0.3 is 11.5 Å². The number of nitrogen functional groups attached to an aromatic ring is 2. The molecule has 5 aromatic rings. The van der Waals surface area contributed by atoms with Gasteiger partial charge in [0.05, 0.1) is 21.7 Å². The summed E-state index contributed by atoms with van der Waals surface area (Å²) in [7, 11) is 1.75. The van der Waals surface area contributed by atoms with Crippen LogP contribution in [-0.4, -0.2) is 19.7 Å². The van der Waals surface area contributed by atoms with Gasteiger partial charge in [0, 0.05) is 29.2 Å². The molecule has 0 aliphatic rings. The van der Waals surface area contributed by atoms with Gasteiger partial charge in [0.1, 0.15) is 17.5 Å². The van der Waals surface area contributed by atoms with Gasteiger partial charge in [-0.15, -0.1) is 0 Å². The summed E-state index contributed by atoms with van der Waals surface area (Å²) in [4.78, 5) is 9.47. The van der Waals surface area contributed by atoms with Crippen LogP contribution in [0.2, 0.25) is 10.0 Å². The molecule has 0 saturated heterocycles. The van der Waals surface area contributed by atoms with Crippen LogP contribution in [0.1, 0.15) is 35.5 Å². The van der Waals surface area contributed by atoms with Crippen LogP contribution < -0.4 is 11.5 Å². The zero-order chi connectivity index (χ0) is 25.6. The lowest BCUT2D eigenvalue weighted by molar-refractivity contribution is 0.591. The second-order valence-corrected chi connectivity index (χ2v) is 9.36. The third-order valence-corrected chi connectivity index (χ3v) is 7.05. The number of hydrogen-bond acceptors (Lipinski definition) is 5. The monoisotopic (exact) mass is 520 g/mol. The van der Waals surface area contributed by atoms with Crippen LogP contribution >= 0.6 is 23.2 Å². The fourth-order valence-electron chi connectivity index (χ4n) is 4.38. The molecule has 0 aliphatic heterocycles. The summed E-state index contributed by atoms with van der Waals surface area (Å²) in [5.74, 6) is 0.0858. The third-order valence-electron chi connectivity index (χ3n) is 6.23. The van der Waals surface area contributed by atoms with Crippen molar-refractivity contribution in [1.82, 2.24) is 19.7 Å². The molecule has 4 N–H and O–H groups in total. The Hall–Kier alpha value is -3.68. The molecule has 1 atom stereocenters. The predicted octanol–water partition coefficient (Wildman–Crippen LogP) is 6.38. The number of aromatic nitrogens is 4. The molecule has 6 nitrogen and oxygen atoms in total. The molecule has 0 radical (unpaired) electrons. The van der Waals surface area contributed by atoms with Crippen molar-refractivity contribution < 1.29 is 4.39 Å². The smallest absolute Gasteiger partial charge is 0.182 e. The van der Waals surface area contributed by atoms with Gasteiger partial charge in [-0.2, -0.15) is 5.10 Å². The van der Waals surface area contributed by atoms with Gasteiger partial charge in [-0.05, 0) is 59.8 Å². The Labute approximate surface area is 217 Å². The number of hydrogen-bond donors (Lipinski definition) is 2. The number of aryl methyl sites for hydroxylation is 2. The minimum absolute atomic E-state index is 0.319. The first kappa shape index (κ1) is 24.0. The largest absolute Gasteiger partial charge is 0.399 e. The number of nitrogens with two attached hydrogens (primary N) is 2. The molecule has 1 unspecified atom stereocenters. The van der Waals surface area contributed by atoms with Crippen molar-refractivity contribution >= 4 is 45.5 Å². The van der Waals surface area contributed by atoms with Crippen molar-refractivity contribution in [3.05, 3.63) is 99.2 Å². The number of benzene rings is 3. The van der Waals surface area contributed by atoms with E-state index in [0.29, 0.717) is 50.0 Å². The lowest BCUT2D eigenvalue weighted by Gasteiger charge is -2.19. The van der Waals surface area contributed by atoms with Crippen LogP contribution in [0.4, 0.5) is 15.9 Å². The number of nitrogens with zero attached hydrogens (tertiary/aromatic N) is 4. The van der Waals surface area contributed by atoms with Crippen LogP contribution in [-0.2, 0) is 13.5 Å². The average Bonchev–Trinajstić information content (AvgIpc) is 3.22. The normalized spacial score (nSPS) is 12.2. The van der Waals surface area contributed by atoms with Gasteiger partial charge in [0.15, 0.2) is 5.82 Å². The van der Waals surface area contributed by atoms with E-state index < -0.39 is 5.92 Å². The van der Waals surface area contributed by atoms with Gasteiger partial charge >= 0.3 is 0 Å². The topological polar surface area (TPSA) is 95.6 Å². The molecule has 3 aromatic carbocycles. The number of halogens is 3. The van der Waals surface area contributed by atoms with E-state index in [9.17, 15) is 0 Å². The molecule has 5 rings (SSSR count). The summed E-state index contributed by atoms with van der Waals surface area (Å²) in [5, 5.41) is 6.89. The summed E-state index contributed by atoms with van der Waals surface area (Å²) < 4.78 is 17.0. The van der Waals surface area contributed by atoms with Gasteiger partial charge in [0.2, 0.25) is 0 Å². The van der Waals surface area contributed by atoms with Crippen LogP contribution in [0.5, 0.6) is 0 Å². The Morgan fingerprint density at radius 3 is 2.58 bits per heavy atom. The molecule has 0 bridgehead atoms. The first-order valence-corrected chi connectivity index (χ1v) is 12.1. The molecular weight excluding hydrogens is 498 g/mol. The highest BCUT2D eigenvalue weighted by molar-refractivity contribution is 6.43. The number of fused-ring (bicyclic) bond motifs is 1. The van der Waals surface area contributed by atoms with Gasteiger partial charge in [-0.3, -0.25) is 4.68 Å². The van der Waals surface area contributed by atoms with Gasteiger partial charge in [-0.25, -0.2) is 14.4 Å². The third kappa shape index (κ3) is 4.25. The second-order valence-electron chi connectivity index (χ2n) is 8.57. The highest BCUT2D eigenvalue weighted by atomic mass is 35.5. The Kier molecular flexibility index (Phi) is 6.28. The summed E-state index contributed by atoms with van der Waals surface area (Å²) in [5.41, 5.74) is 15.5. The highest BCUT2D eigenvalue weighted by Crippen LogP contribution is 2.37. The van der Waals surface area contributed by atoms with E-state index >= 15 is 4.39 Å². The zero-order valence-electron chi connectivity index (χ0n) is 19.6. The molecule has 2 aromatic heterocycles. The zero-order valence-corrected chi connectivity index (χ0v) is 21.1. The maximum Gasteiger partial charge on any atom is 0.182 e. The van der Waals surface area contributed by atoms with Crippen LogP contribution in [0.25, 0.3) is 22.2 Å². The van der Waals surface area contributed by atoms with Gasteiger partial charge in [-0.1, -0.05) is 48.3 Å². The molecule has 0 saturated carbocycles. The van der Waals surface area contributed by atoms with E-state index in [-0.39, 0.29) is 5.82 Å². The Bertz CT molecular complexity index is 1610. The Morgan fingerprint density at radius 1 is 1.00 bits per heavy atom. The summed E-state index contributed by atoms with van der Waals surface area (Å²) in [6, 6.07) is 17.6. The minimum atomic E-state index is -0.700. The van der Waals surface area contributed by atoms with E-state index in [4.69, 9.17) is 39.7 Å². The first-order chi connectivity index (χ1) is 17.3. The number of anilines is 2. The standard InChI is InChI=1S/C27H23Cl2FN6/c1-3-14-7-10-21(30)19(11-14)23(22-13-15-12-16(31)8-9-17(15)25(32)33-22)27-34-26(35-36(27)2)18-5-4-6-20(28)24(18)29/h4-13,23H,3,31H2,1-2H3,(H2,32,33). The van der Waals surface area contributed by atoms with Crippen molar-refractivity contribution in [2.24, 2.45) is 7.05 Å². The van der Waals surface area contributed by atoms with Crippen molar-refractivity contribution in [1.29, 1.82) is 0 Å². The van der Waals surface area contributed by atoms with Crippen molar-refractivity contribution in [2.45, 2.75) is 19.3 Å². The molecule has 36 heavy (non-hydrogen) atoms. The van der Waals surface area contributed by atoms with E-state index in [0.717, 1.165) is 22.8 Å². The van der Waals surface area contributed by atoms with E-state index in [1.165, 1.54) is 6.07 Å². The molecule has 9 heteroatoms. The Balaban J connectivity index is 1.77. The quantitative estimate of drug-likeness (QED) is 0.262. The molecule has 182 valence electrons. The van der Waals surface area contributed by atoms with Crippen LogP contribution in [0.3, 0.4) is 0 Å². The Morgan fingerprint density at radius 2 is 1.81 bits per heavy atom. The van der Waals surface area contributed by atoms with Crippen molar-refractivity contribution in [3.63, 3.8) is 0 Å². The number of pyridine rings is 1. The van der Waals surface area contributed by atoms with Crippen molar-refractivity contribution in [3.8, 4) is 11.4 Å². The molecular formula is C27H23Cl2FN6. The molecule has 2 heterocycles. The summed E-state index contributed by atoms with van der Waals surface area (Å²) in [6.45, 7) is 2.02. The fraction of sp³-hybridized carbons (Fsp3) is 0.148. The maximum atomic E-state index is 15.4. The predicted molar refractivity (Wildman–Crippen MR) is 144 cm³/mol. The van der Waals surface area contributed by atoms with Crippen LogP contribution in [0.15, 0.2) is 60.7 Å². The summed E-state index contributed by atoms with van der Waals surface area (Å²) in [6.07, 6.45) is 0.742. The second kappa shape index (κ2) is 9.41. The first-order valence-electron chi connectivity index (χ1n) is 11.4. The lowest BCUT2D eigenvalue weighted by atomic mass is 9.91. The average molecular weight is 521 g/mol. The van der Waals surface area contributed by atoms with Crippen LogP contribution in [0, 0.1) is 5.82 Å². The number of rotatable bonds is 5. The SMILES string of the molecule is CCc1ccc(F)c(C(c2cc3cc(N)ccc3c(N)n2)c2nc(-c3cccc(Cl)c3Cl)nn2C)c1. The lowest BCUT2D eigenvalue weighted by Crippen LogP contribution is -2.14. The molecule has 0 amide bonds. The van der Waals surface area contributed by atoms with Crippen molar-refractivity contribution in [2.75, 3.05) is 11.5 Å². The fourth-order valence-corrected chi connectivity index (χ4v) is 4.76.